The summed E-state index contributed by atoms with van der Waals surface area (Å²) >= 11 is 0. The maximum Gasteiger partial charge on any atom is 0.306 e. The summed E-state index contributed by atoms with van der Waals surface area (Å²) in [5.41, 5.74) is 0.950. The zero-order chi connectivity index (χ0) is 14.5. The van der Waals surface area contributed by atoms with Crippen LogP contribution in [0.3, 0.4) is 0 Å². The molecule has 0 bridgehead atoms. The smallest absolute Gasteiger partial charge is 0.306 e. The number of carboxylic acids is 1. The molecule has 20 heavy (non-hydrogen) atoms. The van der Waals surface area contributed by atoms with Crippen LogP contribution in [0, 0.1) is 5.92 Å². The molecule has 1 aromatic heterocycles. The van der Waals surface area contributed by atoms with E-state index in [1.807, 2.05) is 16.9 Å². The third-order valence-electron chi connectivity index (χ3n) is 4.20. The van der Waals surface area contributed by atoms with Crippen LogP contribution in [0.5, 0.6) is 0 Å². The van der Waals surface area contributed by atoms with Crippen molar-refractivity contribution in [2.75, 3.05) is 0 Å². The lowest BCUT2D eigenvalue weighted by molar-refractivity contribution is -0.143. The molecule has 0 amide bonds. The van der Waals surface area contributed by atoms with Gasteiger partial charge < -0.3 is 9.84 Å². The molecule has 0 saturated heterocycles. The van der Waals surface area contributed by atoms with E-state index >= 15 is 0 Å². The van der Waals surface area contributed by atoms with Gasteiger partial charge >= 0.3 is 5.97 Å². The molecule has 0 radical (unpaired) electrons. The highest BCUT2D eigenvalue weighted by Crippen LogP contribution is 2.26. The molecule has 1 atom stereocenters. The number of aliphatic carboxylic acids is 1. The Morgan fingerprint density at radius 1 is 1.50 bits per heavy atom. The SMILES string of the molecule is CCC(C)n1ccc(COC2CCC(C(=O)O)CC2)n1. The molecular formula is C15H24N2O3. The third kappa shape index (κ3) is 3.82. The van der Waals surface area contributed by atoms with E-state index in [1.165, 1.54) is 0 Å². The first-order chi connectivity index (χ1) is 9.60. The van der Waals surface area contributed by atoms with Gasteiger partial charge in [0.2, 0.25) is 0 Å². The number of rotatable bonds is 6. The fourth-order valence-electron chi connectivity index (χ4n) is 2.57. The number of ether oxygens (including phenoxy) is 1. The number of hydrogen-bond donors (Lipinski definition) is 1. The van der Waals surface area contributed by atoms with Crippen molar-refractivity contribution in [2.24, 2.45) is 5.92 Å². The van der Waals surface area contributed by atoms with Crippen LogP contribution in [-0.4, -0.2) is 27.0 Å². The van der Waals surface area contributed by atoms with Gasteiger partial charge in [-0.2, -0.15) is 5.10 Å². The molecule has 0 aliphatic heterocycles. The van der Waals surface area contributed by atoms with Crippen molar-refractivity contribution in [1.29, 1.82) is 0 Å². The van der Waals surface area contributed by atoms with Crippen LogP contribution in [0.15, 0.2) is 12.3 Å². The van der Waals surface area contributed by atoms with E-state index in [2.05, 4.69) is 18.9 Å². The molecule has 0 aromatic carbocycles. The van der Waals surface area contributed by atoms with E-state index in [0.717, 1.165) is 37.8 Å². The number of carboxylic acid groups (broad SMARTS) is 1. The van der Waals surface area contributed by atoms with Crippen LogP contribution in [-0.2, 0) is 16.1 Å². The molecular weight excluding hydrogens is 256 g/mol. The quantitative estimate of drug-likeness (QED) is 0.870. The molecule has 1 aromatic rings. The second-order valence-electron chi connectivity index (χ2n) is 5.67. The maximum absolute atomic E-state index is 10.9. The van der Waals surface area contributed by atoms with Gasteiger partial charge in [-0.15, -0.1) is 0 Å². The minimum Gasteiger partial charge on any atom is -0.481 e. The Morgan fingerprint density at radius 3 is 2.80 bits per heavy atom. The number of nitrogens with zero attached hydrogens (tertiary/aromatic N) is 2. The van der Waals surface area contributed by atoms with Gasteiger partial charge in [0, 0.05) is 12.2 Å². The number of carbonyl (C=O) groups is 1. The summed E-state index contributed by atoms with van der Waals surface area (Å²) in [6, 6.07) is 2.41. The van der Waals surface area contributed by atoms with E-state index < -0.39 is 5.97 Å². The zero-order valence-electron chi connectivity index (χ0n) is 12.3. The summed E-state index contributed by atoms with van der Waals surface area (Å²) in [5.74, 6) is -0.852. The Bertz CT molecular complexity index is 436. The van der Waals surface area contributed by atoms with Crippen LogP contribution in [0.4, 0.5) is 0 Å². The number of hydrogen-bond acceptors (Lipinski definition) is 3. The second kappa shape index (κ2) is 6.88. The van der Waals surface area contributed by atoms with Crippen LogP contribution >= 0.6 is 0 Å². The minimum absolute atomic E-state index is 0.180. The lowest BCUT2D eigenvalue weighted by atomic mass is 9.87. The Balaban J connectivity index is 1.76. The van der Waals surface area contributed by atoms with E-state index in [0.29, 0.717) is 12.6 Å². The van der Waals surface area contributed by atoms with Gasteiger partial charge in [0.25, 0.3) is 0 Å². The first-order valence-electron chi connectivity index (χ1n) is 7.48. The lowest BCUT2D eigenvalue weighted by Gasteiger charge is -2.25. The van der Waals surface area contributed by atoms with Gasteiger partial charge in [-0.3, -0.25) is 9.48 Å². The summed E-state index contributed by atoms with van der Waals surface area (Å²) < 4.78 is 7.83. The van der Waals surface area contributed by atoms with Crippen molar-refractivity contribution in [2.45, 2.75) is 64.7 Å². The first kappa shape index (κ1) is 15.0. The van der Waals surface area contributed by atoms with Gasteiger partial charge in [0.05, 0.1) is 24.3 Å². The first-order valence-corrected chi connectivity index (χ1v) is 7.48. The van der Waals surface area contributed by atoms with Crippen LogP contribution in [0.25, 0.3) is 0 Å². The molecule has 1 unspecified atom stereocenters. The summed E-state index contributed by atoms with van der Waals surface area (Å²) in [7, 11) is 0. The van der Waals surface area contributed by atoms with Gasteiger partial charge in [-0.25, -0.2) is 0 Å². The minimum atomic E-state index is -0.671. The lowest BCUT2D eigenvalue weighted by Crippen LogP contribution is -2.26. The van der Waals surface area contributed by atoms with Gasteiger partial charge in [0.15, 0.2) is 0 Å². The molecule has 1 saturated carbocycles. The van der Waals surface area contributed by atoms with Crippen LogP contribution < -0.4 is 0 Å². The monoisotopic (exact) mass is 280 g/mol. The number of aromatic nitrogens is 2. The van der Waals surface area contributed by atoms with Crippen molar-refractivity contribution in [3.63, 3.8) is 0 Å². The van der Waals surface area contributed by atoms with E-state index in [9.17, 15) is 4.79 Å². The Labute approximate surface area is 119 Å². The summed E-state index contributed by atoms with van der Waals surface area (Å²) in [6.45, 7) is 4.81. The molecule has 2 rings (SSSR count). The zero-order valence-corrected chi connectivity index (χ0v) is 12.3. The predicted octanol–water partition coefficient (Wildman–Crippen LogP) is 3.01. The summed E-state index contributed by atoms with van der Waals surface area (Å²) in [5, 5.41) is 13.5. The second-order valence-corrected chi connectivity index (χ2v) is 5.67. The highest BCUT2D eigenvalue weighted by Gasteiger charge is 2.26. The molecule has 5 nitrogen and oxygen atoms in total. The van der Waals surface area contributed by atoms with Crippen molar-refractivity contribution in [3.8, 4) is 0 Å². The van der Waals surface area contributed by atoms with Crippen LogP contribution in [0.2, 0.25) is 0 Å². The Kier molecular flexibility index (Phi) is 5.17. The van der Waals surface area contributed by atoms with Crippen molar-refractivity contribution in [1.82, 2.24) is 9.78 Å². The van der Waals surface area contributed by atoms with E-state index in [1.54, 1.807) is 0 Å². The van der Waals surface area contributed by atoms with Crippen molar-refractivity contribution < 1.29 is 14.6 Å². The molecule has 112 valence electrons. The fraction of sp³-hybridized carbons (Fsp3) is 0.733. The molecule has 1 N–H and O–H groups in total. The summed E-state index contributed by atoms with van der Waals surface area (Å²) in [6.07, 6.45) is 6.35. The Morgan fingerprint density at radius 2 is 2.20 bits per heavy atom. The largest absolute Gasteiger partial charge is 0.481 e. The van der Waals surface area contributed by atoms with Gasteiger partial charge in [-0.1, -0.05) is 6.92 Å². The molecule has 1 heterocycles. The molecule has 1 aliphatic carbocycles. The molecule has 1 fully saturated rings. The van der Waals surface area contributed by atoms with Gasteiger partial charge in [0.1, 0.15) is 0 Å². The fourth-order valence-corrected chi connectivity index (χ4v) is 2.57. The summed E-state index contributed by atoms with van der Waals surface area (Å²) in [4.78, 5) is 10.9. The maximum atomic E-state index is 10.9. The van der Waals surface area contributed by atoms with Crippen molar-refractivity contribution >= 4 is 5.97 Å². The third-order valence-corrected chi connectivity index (χ3v) is 4.20. The van der Waals surface area contributed by atoms with E-state index in [-0.39, 0.29) is 12.0 Å². The highest BCUT2D eigenvalue weighted by atomic mass is 16.5. The average molecular weight is 280 g/mol. The normalized spacial score (nSPS) is 24.5. The van der Waals surface area contributed by atoms with E-state index in [4.69, 9.17) is 9.84 Å². The predicted molar refractivity (Wildman–Crippen MR) is 75.4 cm³/mol. The van der Waals surface area contributed by atoms with Crippen molar-refractivity contribution in [3.05, 3.63) is 18.0 Å². The topological polar surface area (TPSA) is 64.3 Å². The molecule has 5 heteroatoms. The highest BCUT2D eigenvalue weighted by molar-refractivity contribution is 5.70. The standard InChI is InChI=1S/C15H24N2O3/c1-3-11(2)17-9-8-13(16-17)10-20-14-6-4-12(5-7-14)15(18)19/h8-9,11-12,14H,3-7,10H2,1-2H3,(H,18,19). The Hall–Kier alpha value is -1.36. The average Bonchev–Trinajstić information content (AvgIpc) is 2.93. The van der Waals surface area contributed by atoms with Crippen LogP contribution in [0.1, 0.15) is 57.7 Å². The van der Waals surface area contributed by atoms with Gasteiger partial charge in [-0.05, 0) is 45.1 Å². The molecule has 1 aliphatic rings. The molecule has 0 spiro atoms.